The normalized spacial score (nSPS) is 18.6. The van der Waals surface area contributed by atoms with E-state index in [1.54, 1.807) is 0 Å². The summed E-state index contributed by atoms with van der Waals surface area (Å²) in [5.41, 5.74) is 6.83. The monoisotopic (exact) mass is 340 g/mol. The quantitative estimate of drug-likeness (QED) is 0.846. The van der Waals surface area contributed by atoms with Gasteiger partial charge in [-0.2, -0.15) is 5.26 Å². The predicted molar refractivity (Wildman–Crippen MR) is 102 cm³/mol. The van der Waals surface area contributed by atoms with E-state index >= 15 is 0 Å². The first kappa shape index (κ1) is 16.4. The van der Waals surface area contributed by atoms with Crippen molar-refractivity contribution in [3.8, 4) is 6.07 Å². The van der Waals surface area contributed by atoms with Crippen molar-refractivity contribution in [1.82, 2.24) is 5.32 Å². The van der Waals surface area contributed by atoms with E-state index in [1.165, 1.54) is 5.56 Å². The van der Waals surface area contributed by atoms with Gasteiger partial charge in [0, 0.05) is 22.4 Å². The summed E-state index contributed by atoms with van der Waals surface area (Å²) in [6.45, 7) is 6.22. The molecule has 3 nitrogen and oxygen atoms in total. The lowest BCUT2D eigenvalue weighted by Gasteiger charge is -2.27. The Labute approximate surface area is 153 Å². The molecule has 0 saturated carbocycles. The summed E-state index contributed by atoms with van der Waals surface area (Å²) in [5, 5.41) is 13.1. The van der Waals surface area contributed by atoms with E-state index in [-0.39, 0.29) is 11.7 Å². The fourth-order valence-corrected chi connectivity index (χ4v) is 3.88. The first-order valence-corrected chi connectivity index (χ1v) is 8.89. The van der Waals surface area contributed by atoms with Crippen LogP contribution in [0, 0.1) is 11.3 Å². The fourth-order valence-electron chi connectivity index (χ4n) is 3.88. The maximum absolute atomic E-state index is 13.1. The zero-order chi connectivity index (χ0) is 18.4. The van der Waals surface area contributed by atoms with Crippen LogP contribution in [0.2, 0.25) is 0 Å². The average molecular weight is 340 g/mol. The van der Waals surface area contributed by atoms with Crippen LogP contribution in [-0.2, 0) is 0 Å². The first-order valence-electron chi connectivity index (χ1n) is 8.89. The zero-order valence-corrected chi connectivity index (χ0v) is 15.1. The lowest BCUT2D eigenvalue weighted by Crippen LogP contribution is -2.24. The highest BCUT2D eigenvalue weighted by molar-refractivity contribution is 6.22. The van der Waals surface area contributed by atoms with E-state index in [4.69, 9.17) is 0 Å². The third kappa shape index (κ3) is 2.30. The van der Waals surface area contributed by atoms with Gasteiger partial charge in [-0.05, 0) is 24.0 Å². The molecule has 0 amide bonds. The molecule has 0 bridgehead atoms. The van der Waals surface area contributed by atoms with Crippen molar-refractivity contribution < 1.29 is 4.79 Å². The number of ketones is 1. The minimum Gasteiger partial charge on any atom is -0.357 e. The molecule has 128 valence electrons. The zero-order valence-electron chi connectivity index (χ0n) is 15.1. The van der Waals surface area contributed by atoms with Crippen molar-refractivity contribution in [1.29, 1.82) is 5.26 Å². The van der Waals surface area contributed by atoms with E-state index in [2.05, 4.69) is 49.5 Å². The third-order valence-electron chi connectivity index (χ3n) is 5.31. The molecule has 2 aromatic rings. The third-order valence-corrected chi connectivity index (χ3v) is 5.31. The minimum atomic E-state index is -0.322. The Hall–Kier alpha value is -3.12. The average Bonchev–Trinajstić information content (AvgIpc) is 2.93. The standard InChI is InChI=1S/C23H20N2O/c1-13(2)15-8-10-16(11-9-15)20-19(12-24)14(3)25-22-17-6-4-5-7-18(17)23(26)21(20)22/h4-11,13,20,25H,1-3H3/t20-/m0/s1. The fraction of sp³-hybridized carbons (Fsp3) is 0.217. The molecule has 1 aliphatic heterocycles. The molecular weight excluding hydrogens is 320 g/mol. The summed E-state index contributed by atoms with van der Waals surface area (Å²) in [7, 11) is 0. The molecule has 2 aliphatic rings. The number of carbonyl (C=O) groups excluding carboxylic acids is 1. The molecule has 0 unspecified atom stereocenters. The molecule has 26 heavy (non-hydrogen) atoms. The molecule has 0 aromatic heterocycles. The van der Waals surface area contributed by atoms with E-state index in [9.17, 15) is 10.1 Å². The highest BCUT2D eigenvalue weighted by Crippen LogP contribution is 2.46. The van der Waals surface area contributed by atoms with Gasteiger partial charge in [0.15, 0.2) is 5.78 Å². The smallest absolute Gasteiger partial charge is 0.192 e. The Bertz CT molecular complexity index is 1020. The number of allylic oxidation sites excluding steroid dienone is 3. The topological polar surface area (TPSA) is 52.9 Å². The van der Waals surface area contributed by atoms with E-state index < -0.39 is 0 Å². The summed E-state index contributed by atoms with van der Waals surface area (Å²) in [6, 6.07) is 18.3. The van der Waals surface area contributed by atoms with Gasteiger partial charge in [-0.25, -0.2) is 0 Å². The van der Waals surface area contributed by atoms with E-state index in [1.807, 2.05) is 31.2 Å². The molecule has 0 radical (unpaired) electrons. The summed E-state index contributed by atoms with van der Waals surface area (Å²) in [6.07, 6.45) is 0. The van der Waals surface area contributed by atoms with Crippen LogP contribution in [0.3, 0.4) is 0 Å². The van der Waals surface area contributed by atoms with Crippen LogP contribution in [0.4, 0.5) is 0 Å². The van der Waals surface area contributed by atoms with Crippen molar-refractivity contribution in [3.05, 3.63) is 87.6 Å². The second-order valence-corrected chi connectivity index (χ2v) is 7.19. The number of nitriles is 1. The van der Waals surface area contributed by atoms with E-state index in [0.717, 1.165) is 22.5 Å². The van der Waals surface area contributed by atoms with Gasteiger partial charge < -0.3 is 5.32 Å². The summed E-state index contributed by atoms with van der Waals surface area (Å²) >= 11 is 0. The van der Waals surface area contributed by atoms with Crippen molar-refractivity contribution in [2.24, 2.45) is 0 Å². The van der Waals surface area contributed by atoms with Crippen molar-refractivity contribution in [2.75, 3.05) is 0 Å². The number of benzene rings is 2. The number of Topliss-reactive ketones (excluding diaryl/α,β-unsaturated/α-hetero) is 1. The first-order chi connectivity index (χ1) is 12.5. The molecule has 3 heteroatoms. The van der Waals surface area contributed by atoms with Gasteiger partial charge in [-0.15, -0.1) is 0 Å². The highest BCUT2D eigenvalue weighted by atomic mass is 16.1. The number of carbonyl (C=O) groups is 1. The van der Waals surface area contributed by atoms with Crippen molar-refractivity contribution >= 4 is 11.5 Å². The van der Waals surface area contributed by atoms with Gasteiger partial charge in [0.2, 0.25) is 0 Å². The number of hydrogen-bond donors (Lipinski definition) is 1. The Kier molecular flexibility index (Phi) is 3.77. The molecule has 1 heterocycles. The number of nitrogens with one attached hydrogen (secondary N) is 1. The Morgan fingerprint density at radius 1 is 1.04 bits per heavy atom. The molecule has 2 aromatic carbocycles. The van der Waals surface area contributed by atoms with Gasteiger partial charge in [0.05, 0.1) is 23.3 Å². The summed E-state index contributed by atoms with van der Waals surface area (Å²) < 4.78 is 0. The lowest BCUT2D eigenvalue weighted by molar-refractivity contribution is 0.103. The number of hydrogen-bond acceptors (Lipinski definition) is 3. The molecule has 1 atom stereocenters. The minimum absolute atomic E-state index is 0.0151. The SMILES string of the molecule is CC1=C(C#N)[C@H](c2ccc(C(C)C)cc2)C2=C(N1)c1ccccc1C2=O. The highest BCUT2D eigenvalue weighted by Gasteiger charge is 2.40. The molecule has 4 rings (SSSR count). The van der Waals surface area contributed by atoms with Crippen LogP contribution in [0.5, 0.6) is 0 Å². The number of nitrogens with zero attached hydrogens (tertiary/aromatic N) is 1. The van der Waals surface area contributed by atoms with Gasteiger partial charge in [0.25, 0.3) is 0 Å². The van der Waals surface area contributed by atoms with Crippen LogP contribution in [-0.4, -0.2) is 5.78 Å². The van der Waals surface area contributed by atoms with Crippen molar-refractivity contribution in [2.45, 2.75) is 32.6 Å². The largest absolute Gasteiger partial charge is 0.357 e. The molecule has 1 aliphatic carbocycles. The molecular formula is C23H20N2O. The molecule has 1 N–H and O–H groups in total. The Morgan fingerprint density at radius 3 is 2.31 bits per heavy atom. The molecule has 0 saturated heterocycles. The predicted octanol–water partition coefficient (Wildman–Crippen LogP) is 4.90. The van der Waals surface area contributed by atoms with Crippen LogP contribution in [0.15, 0.2) is 65.4 Å². The van der Waals surface area contributed by atoms with Crippen LogP contribution < -0.4 is 5.32 Å². The molecule has 0 spiro atoms. The van der Waals surface area contributed by atoms with Gasteiger partial charge in [0.1, 0.15) is 0 Å². The summed E-state index contributed by atoms with van der Waals surface area (Å²) in [4.78, 5) is 13.1. The lowest BCUT2D eigenvalue weighted by atomic mass is 9.80. The maximum Gasteiger partial charge on any atom is 0.192 e. The summed E-state index contributed by atoms with van der Waals surface area (Å²) in [5.74, 6) is 0.135. The van der Waals surface area contributed by atoms with Crippen LogP contribution >= 0.6 is 0 Å². The number of rotatable bonds is 2. The second kappa shape index (κ2) is 6.00. The van der Waals surface area contributed by atoms with Crippen LogP contribution in [0.1, 0.15) is 59.7 Å². The number of fused-ring (bicyclic) bond motifs is 2. The van der Waals surface area contributed by atoms with Gasteiger partial charge in [-0.1, -0.05) is 62.4 Å². The van der Waals surface area contributed by atoms with Gasteiger partial charge in [-0.3, -0.25) is 4.79 Å². The van der Waals surface area contributed by atoms with Crippen LogP contribution in [0.25, 0.3) is 5.70 Å². The number of dihydropyridines is 1. The van der Waals surface area contributed by atoms with Crippen molar-refractivity contribution in [3.63, 3.8) is 0 Å². The molecule has 0 fully saturated rings. The Morgan fingerprint density at radius 2 is 1.69 bits per heavy atom. The van der Waals surface area contributed by atoms with E-state index in [0.29, 0.717) is 22.6 Å². The maximum atomic E-state index is 13.1. The van der Waals surface area contributed by atoms with Gasteiger partial charge >= 0.3 is 0 Å². The Balaban J connectivity index is 1.89. The second-order valence-electron chi connectivity index (χ2n) is 7.19.